The summed E-state index contributed by atoms with van der Waals surface area (Å²) in [6.07, 6.45) is 4.17. The molecule has 3 rings (SSSR count). The Kier molecular flexibility index (Phi) is 10.4. The molecule has 0 spiro atoms. The molecule has 5 heteroatoms. The van der Waals surface area contributed by atoms with Crippen molar-refractivity contribution in [3.63, 3.8) is 0 Å². The molecule has 1 aliphatic rings. The summed E-state index contributed by atoms with van der Waals surface area (Å²) >= 11 is 0. The van der Waals surface area contributed by atoms with Gasteiger partial charge in [0.2, 0.25) is 0 Å². The van der Waals surface area contributed by atoms with Gasteiger partial charge in [-0.1, -0.05) is 36.4 Å². The number of rotatable bonds is 7. The summed E-state index contributed by atoms with van der Waals surface area (Å²) in [4.78, 5) is 2.58. The Bertz CT molecular complexity index is 628. The maximum Gasteiger partial charge on any atom is 0.127 e. The SMILES string of the molecule is C=CCC[C@H](c1ccc(Oc2ccccc2)cc1)N1CCNCC1.Cl.Cl. The number of para-hydroxylation sites is 1. The van der Waals surface area contributed by atoms with Crippen LogP contribution in [0.25, 0.3) is 0 Å². The third-order valence-electron chi connectivity index (χ3n) is 4.48. The first-order chi connectivity index (χ1) is 11.9. The maximum absolute atomic E-state index is 5.90. The highest BCUT2D eigenvalue weighted by Crippen LogP contribution is 2.29. The van der Waals surface area contributed by atoms with Crippen molar-refractivity contribution in [2.75, 3.05) is 26.2 Å². The van der Waals surface area contributed by atoms with Crippen molar-refractivity contribution in [1.82, 2.24) is 10.2 Å². The molecule has 1 N–H and O–H groups in total. The van der Waals surface area contributed by atoms with Crippen LogP contribution in [-0.2, 0) is 0 Å². The third-order valence-corrected chi connectivity index (χ3v) is 4.48. The lowest BCUT2D eigenvalue weighted by molar-refractivity contribution is 0.166. The van der Waals surface area contributed by atoms with Crippen LogP contribution in [-0.4, -0.2) is 31.1 Å². The molecule has 26 heavy (non-hydrogen) atoms. The summed E-state index contributed by atoms with van der Waals surface area (Å²) in [5.74, 6) is 1.75. The van der Waals surface area contributed by atoms with E-state index >= 15 is 0 Å². The van der Waals surface area contributed by atoms with Gasteiger partial charge in [-0.05, 0) is 42.7 Å². The second-order valence-corrected chi connectivity index (χ2v) is 6.15. The van der Waals surface area contributed by atoms with Crippen LogP contribution in [0.1, 0.15) is 24.4 Å². The van der Waals surface area contributed by atoms with E-state index in [9.17, 15) is 0 Å². The van der Waals surface area contributed by atoms with Gasteiger partial charge in [0.25, 0.3) is 0 Å². The predicted molar refractivity (Wildman–Crippen MR) is 114 cm³/mol. The topological polar surface area (TPSA) is 24.5 Å². The van der Waals surface area contributed by atoms with Crippen molar-refractivity contribution in [2.24, 2.45) is 0 Å². The van der Waals surface area contributed by atoms with Crippen LogP contribution < -0.4 is 10.1 Å². The lowest BCUT2D eigenvalue weighted by Crippen LogP contribution is -2.45. The first-order valence-corrected chi connectivity index (χ1v) is 8.75. The zero-order chi connectivity index (χ0) is 16.6. The maximum atomic E-state index is 5.90. The van der Waals surface area contributed by atoms with Gasteiger partial charge in [-0.2, -0.15) is 0 Å². The second-order valence-electron chi connectivity index (χ2n) is 6.15. The molecular formula is C21H28Cl2N2O. The average Bonchev–Trinajstić information content (AvgIpc) is 2.65. The molecule has 0 saturated carbocycles. The fraction of sp³-hybridized carbons (Fsp3) is 0.333. The molecule has 1 fully saturated rings. The first-order valence-electron chi connectivity index (χ1n) is 8.75. The number of benzene rings is 2. The van der Waals surface area contributed by atoms with Crippen LogP contribution in [0.15, 0.2) is 67.3 Å². The van der Waals surface area contributed by atoms with Gasteiger partial charge in [0.1, 0.15) is 11.5 Å². The van der Waals surface area contributed by atoms with E-state index in [1.807, 2.05) is 36.4 Å². The van der Waals surface area contributed by atoms with Crippen molar-refractivity contribution < 1.29 is 4.74 Å². The summed E-state index contributed by atoms with van der Waals surface area (Å²) in [5, 5.41) is 3.43. The summed E-state index contributed by atoms with van der Waals surface area (Å²) < 4.78 is 5.90. The molecule has 1 aliphatic heterocycles. The van der Waals surface area contributed by atoms with Crippen molar-refractivity contribution in [1.29, 1.82) is 0 Å². The first kappa shape index (κ1) is 22.5. The number of hydrogen-bond donors (Lipinski definition) is 1. The summed E-state index contributed by atoms with van der Waals surface area (Å²) in [7, 11) is 0. The highest BCUT2D eigenvalue weighted by Gasteiger charge is 2.21. The van der Waals surface area contributed by atoms with E-state index in [4.69, 9.17) is 4.74 Å². The molecule has 2 aromatic carbocycles. The third kappa shape index (κ3) is 6.33. The summed E-state index contributed by atoms with van der Waals surface area (Å²) in [6.45, 7) is 8.22. The van der Waals surface area contributed by atoms with Crippen LogP contribution in [0.4, 0.5) is 0 Å². The fourth-order valence-electron chi connectivity index (χ4n) is 3.21. The van der Waals surface area contributed by atoms with E-state index in [2.05, 4.69) is 41.1 Å². The lowest BCUT2D eigenvalue weighted by Gasteiger charge is -2.35. The fourth-order valence-corrected chi connectivity index (χ4v) is 3.21. The van der Waals surface area contributed by atoms with Crippen LogP contribution in [0.5, 0.6) is 11.5 Å². The molecule has 0 unspecified atom stereocenters. The Morgan fingerprint density at radius 1 is 0.962 bits per heavy atom. The monoisotopic (exact) mass is 394 g/mol. The van der Waals surface area contributed by atoms with Crippen molar-refractivity contribution in [3.05, 3.63) is 72.8 Å². The molecule has 3 nitrogen and oxygen atoms in total. The minimum absolute atomic E-state index is 0. The minimum atomic E-state index is 0. The summed E-state index contributed by atoms with van der Waals surface area (Å²) in [5.41, 5.74) is 1.36. The quantitative estimate of drug-likeness (QED) is 0.650. The number of allylic oxidation sites excluding steroid dienone is 1. The molecule has 0 bridgehead atoms. The van der Waals surface area contributed by atoms with Gasteiger partial charge in [-0.25, -0.2) is 0 Å². The zero-order valence-corrected chi connectivity index (χ0v) is 16.6. The van der Waals surface area contributed by atoms with Crippen molar-refractivity contribution in [3.8, 4) is 11.5 Å². The molecule has 142 valence electrons. The smallest absolute Gasteiger partial charge is 0.127 e. The molecule has 1 atom stereocenters. The standard InChI is InChI=1S/C21H26N2O.2ClH/c1-2-3-9-21(23-16-14-22-15-17-23)18-10-12-20(13-11-18)24-19-7-5-4-6-8-19;;/h2,4-8,10-13,21-22H,1,3,9,14-17H2;2*1H/t21-;;/m1../s1. The van der Waals surface area contributed by atoms with Gasteiger partial charge in [0.15, 0.2) is 0 Å². The normalized spacial score (nSPS) is 15.2. The number of halogens is 2. The number of piperazine rings is 1. The highest BCUT2D eigenvalue weighted by molar-refractivity contribution is 5.85. The number of nitrogens with zero attached hydrogens (tertiary/aromatic N) is 1. The molecule has 2 aromatic rings. The van der Waals surface area contributed by atoms with Crippen molar-refractivity contribution in [2.45, 2.75) is 18.9 Å². The van der Waals surface area contributed by atoms with E-state index in [0.717, 1.165) is 50.5 Å². The Labute approximate surface area is 169 Å². The minimum Gasteiger partial charge on any atom is -0.457 e. The van der Waals surface area contributed by atoms with E-state index in [-0.39, 0.29) is 24.8 Å². The predicted octanol–water partition coefficient (Wildman–Crippen LogP) is 5.24. The largest absolute Gasteiger partial charge is 0.457 e. The Morgan fingerprint density at radius 3 is 2.19 bits per heavy atom. The Balaban J connectivity index is 0.00000169. The zero-order valence-electron chi connectivity index (χ0n) is 15.0. The van der Waals surface area contributed by atoms with E-state index in [1.54, 1.807) is 0 Å². The van der Waals surface area contributed by atoms with Crippen LogP contribution in [0.3, 0.4) is 0 Å². The number of hydrogen-bond acceptors (Lipinski definition) is 3. The van der Waals surface area contributed by atoms with Gasteiger partial charge < -0.3 is 10.1 Å². The number of ether oxygens (including phenoxy) is 1. The molecule has 0 aromatic heterocycles. The van der Waals surface area contributed by atoms with E-state index in [1.165, 1.54) is 5.56 Å². The van der Waals surface area contributed by atoms with Crippen molar-refractivity contribution >= 4 is 24.8 Å². The van der Waals surface area contributed by atoms with Gasteiger partial charge in [-0.15, -0.1) is 31.4 Å². The van der Waals surface area contributed by atoms with Crippen LogP contribution in [0, 0.1) is 0 Å². The van der Waals surface area contributed by atoms with Gasteiger partial charge in [-0.3, -0.25) is 4.90 Å². The Hall–Kier alpha value is -1.52. The van der Waals surface area contributed by atoms with Crippen LogP contribution in [0.2, 0.25) is 0 Å². The summed E-state index contributed by atoms with van der Waals surface area (Å²) in [6, 6.07) is 18.9. The van der Waals surface area contributed by atoms with Crippen LogP contribution >= 0.6 is 24.8 Å². The number of nitrogens with one attached hydrogen (secondary N) is 1. The van der Waals surface area contributed by atoms with E-state index < -0.39 is 0 Å². The van der Waals surface area contributed by atoms with Gasteiger partial charge in [0.05, 0.1) is 0 Å². The van der Waals surface area contributed by atoms with E-state index in [0.29, 0.717) is 6.04 Å². The molecule has 0 aliphatic carbocycles. The second kappa shape index (κ2) is 12.0. The average molecular weight is 395 g/mol. The molecule has 1 heterocycles. The van der Waals surface area contributed by atoms with Gasteiger partial charge >= 0.3 is 0 Å². The molecule has 0 radical (unpaired) electrons. The highest BCUT2D eigenvalue weighted by atomic mass is 35.5. The molecule has 0 amide bonds. The Morgan fingerprint density at radius 2 is 1.58 bits per heavy atom. The molecular weight excluding hydrogens is 367 g/mol. The molecule has 1 saturated heterocycles. The van der Waals surface area contributed by atoms with Gasteiger partial charge in [0, 0.05) is 32.2 Å². The lowest BCUT2D eigenvalue weighted by atomic mass is 9.99.